The Kier molecular flexibility index (Phi) is 5.43. The lowest BCUT2D eigenvalue weighted by atomic mass is 9.98. The lowest BCUT2D eigenvalue weighted by molar-refractivity contribution is -0.118. The first kappa shape index (κ1) is 18.2. The molecule has 1 amide bonds. The molecule has 5 heteroatoms. The van der Waals surface area contributed by atoms with Crippen LogP contribution in [0.1, 0.15) is 30.9 Å². The third-order valence-electron chi connectivity index (χ3n) is 4.23. The second-order valence-electron chi connectivity index (χ2n) is 6.48. The molecule has 4 nitrogen and oxygen atoms in total. The Morgan fingerprint density at radius 3 is 2.77 bits per heavy atom. The van der Waals surface area contributed by atoms with Crippen molar-refractivity contribution in [3.05, 3.63) is 64.8 Å². The van der Waals surface area contributed by atoms with Gasteiger partial charge in [0.15, 0.2) is 6.61 Å². The maximum Gasteiger partial charge on any atom is 0.262 e. The third kappa shape index (κ3) is 3.81. The number of nitrogens with zero attached hydrogens (tertiary/aromatic N) is 1. The number of halogens is 1. The number of benzene rings is 2. The lowest BCUT2D eigenvalue weighted by Gasteiger charge is -2.17. The topological polar surface area (TPSA) is 51.2 Å². The molecular weight excluding hydrogens is 348 g/mol. The molecule has 3 aromatic rings. The van der Waals surface area contributed by atoms with E-state index in [0.29, 0.717) is 22.2 Å². The van der Waals surface area contributed by atoms with Crippen LogP contribution in [0.3, 0.4) is 0 Å². The Bertz CT molecular complexity index is 954. The van der Waals surface area contributed by atoms with Crippen LogP contribution in [0.4, 0.5) is 5.69 Å². The van der Waals surface area contributed by atoms with Gasteiger partial charge in [0.25, 0.3) is 5.91 Å². The summed E-state index contributed by atoms with van der Waals surface area (Å²) >= 11 is 6.19. The van der Waals surface area contributed by atoms with Crippen molar-refractivity contribution in [2.24, 2.45) is 0 Å². The molecule has 0 bridgehead atoms. The van der Waals surface area contributed by atoms with Crippen molar-refractivity contribution in [2.75, 3.05) is 11.9 Å². The molecule has 1 N–H and O–H groups in total. The number of hydrogen-bond acceptors (Lipinski definition) is 3. The lowest BCUT2D eigenvalue weighted by Crippen LogP contribution is -2.21. The summed E-state index contributed by atoms with van der Waals surface area (Å²) in [6, 6.07) is 13.2. The SMILES string of the molecule is Cc1cccc(C(C)C)c1NC(=O)COc1ccc(Cl)c2cccnc12. The summed E-state index contributed by atoms with van der Waals surface area (Å²) < 4.78 is 5.72. The van der Waals surface area contributed by atoms with Crippen LogP contribution in [-0.4, -0.2) is 17.5 Å². The van der Waals surface area contributed by atoms with Gasteiger partial charge in [0, 0.05) is 17.3 Å². The van der Waals surface area contributed by atoms with Crippen LogP contribution in [0.5, 0.6) is 5.75 Å². The van der Waals surface area contributed by atoms with E-state index >= 15 is 0 Å². The van der Waals surface area contributed by atoms with Crippen molar-refractivity contribution in [3.63, 3.8) is 0 Å². The summed E-state index contributed by atoms with van der Waals surface area (Å²) in [5.74, 6) is 0.643. The zero-order valence-electron chi connectivity index (χ0n) is 15.0. The van der Waals surface area contributed by atoms with Crippen molar-refractivity contribution in [1.29, 1.82) is 0 Å². The number of hydrogen-bond donors (Lipinski definition) is 1. The summed E-state index contributed by atoms with van der Waals surface area (Å²) in [5, 5.41) is 4.38. The molecule has 1 heterocycles. The number of carbonyl (C=O) groups excluding carboxylic acids is 1. The minimum atomic E-state index is -0.208. The molecule has 0 unspecified atom stereocenters. The molecule has 0 aliphatic rings. The van der Waals surface area contributed by atoms with Crippen LogP contribution in [0.25, 0.3) is 10.9 Å². The van der Waals surface area contributed by atoms with E-state index in [1.807, 2.05) is 37.3 Å². The maximum atomic E-state index is 12.4. The highest BCUT2D eigenvalue weighted by molar-refractivity contribution is 6.35. The Morgan fingerprint density at radius 1 is 1.19 bits per heavy atom. The second-order valence-corrected chi connectivity index (χ2v) is 6.88. The fraction of sp³-hybridized carbons (Fsp3) is 0.238. The summed E-state index contributed by atoms with van der Waals surface area (Å²) in [6.45, 7) is 6.09. The minimum absolute atomic E-state index is 0.0980. The van der Waals surface area contributed by atoms with E-state index in [4.69, 9.17) is 16.3 Å². The summed E-state index contributed by atoms with van der Waals surface area (Å²) in [5.41, 5.74) is 3.64. The molecule has 0 atom stereocenters. The van der Waals surface area contributed by atoms with Gasteiger partial charge in [-0.25, -0.2) is 0 Å². The van der Waals surface area contributed by atoms with Gasteiger partial charge < -0.3 is 10.1 Å². The van der Waals surface area contributed by atoms with E-state index in [1.54, 1.807) is 18.3 Å². The number of fused-ring (bicyclic) bond motifs is 1. The highest BCUT2D eigenvalue weighted by atomic mass is 35.5. The fourth-order valence-corrected chi connectivity index (χ4v) is 3.11. The smallest absolute Gasteiger partial charge is 0.262 e. The molecule has 0 radical (unpaired) electrons. The molecular formula is C21H21ClN2O2. The number of nitrogens with one attached hydrogen (secondary N) is 1. The van der Waals surface area contributed by atoms with Gasteiger partial charge in [0.1, 0.15) is 11.3 Å². The summed E-state index contributed by atoms with van der Waals surface area (Å²) in [7, 11) is 0. The molecule has 2 aromatic carbocycles. The molecule has 134 valence electrons. The van der Waals surface area contributed by atoms with Gasteiger partial charge in [-0.3, -0.25) is 9.78 Å². The zero-order valence-corrected chi connectivity index (χ0v) is 15.8. The number of aryl methyl sites for hydroxylation is 1. The van der Waals surface area contributed by atoms with Gasteiger partial charge in [-0.2, -0.15) is 0 Å². The standard InChI is InChI=1S/C21H21ClN2O2/c1-13(2)15-7-4-6-14(3)20(15)24-19(25)12-26-18-10-9-17(22)16-8-5-11-23-21(16)18/h4-11,13H,12H2,1-3H3,(H,24,25). The first-order chi connectivity index (χ1) is 12.5. The van der Waals surface area contributed by atoms with E-state index in [-0.39, 0.29) is 12.5 Å². The summed E-state index contributed by atoms with van der Waals surface area (Å²) in [4.78, 5) is 16.7. The van der Waals surface area contributed by atoms with Gasteiger partial charge in [-0.1, -0.05) is 43.6 Å². The molecule has 0 saturated heterocycles. The number of pyridine rings is 1. The Balaban J connectivity index is 1.76. The molecule has 0 aliphatic carbocycles. The Hall–Kier alpha value is -2.59. The van der Waals surface area contributed by atoms with Gasteiger partial charge in [-0.05, 0) is 48.2 Å². The van der Waals surface area contributed by atoms with Crippen molar-refractivity contribution in [3.8, 4) is 5.75 Å². The molecule has 0 aliphatic heterocycles. The molecule has 0 saturated carbocycles. The number of para-hydroxylation sites is 1. The molecule has 26 heavy (non-hydrogen) atoms. The van der Waals surface area contributed by atoms with Crippen molar-refractivity contribution < 1.29 is 9.53 Å². The van der Waals surface area contributed by atoms with Crippen molar-refractivity contribution in [2.45, 2.75) is 26.7 Å². The second kappa shape index (κ2) is 7.75. The largest absolute Gasteiger partial charge is 0.481 e. The first-order valence-electron chi connectivity index (χ1n) is 8.52. The van der Waals surface area contributed by atoms with Crippen LogP contribution in [0.15, 0.2) is 48.7 Å². The van der Waals surface area contributed by atoms with Crippen molar-refractivity contribution >= 4 is 34.1 Å². The van der Waals surface area contributed by atoms with Gasteiger partial charge in [0.05, 0.1) is 5.02 Å². The fourth-order valence-electron chi connectivity index (χ4n) is 2.89. The quantitative estimate of drug-likeness (QED) is 0.661. The van der Waals surface area contributed by atoms with E-state index < -0.39 is 0 Å². The van der Waals surface area contributed by atoms with Gasteiger partial charge in [0.2, 0.25) is 0 Å². The van der Waals surface area contributed by atoms with E-state index in [2.05, 4.69) is 24.1 Å². The molecule has 0 spiro atoms. The first-order valence-corrected chi connectivity index (χ1v) is 8.90. The molecule has 3 rings (SSSR count). The number of rotatable bonds is 5. The van der Waals surface area contributed by atoms with Crippen LogP contribution in [0.2, 0.25) is 5.02 Å². The average molecular weight is 369 g/mol. The maximum absolute atomic E-state index is 12.4. The van der Waals surface area contributed by atoms with Crippen LogP contribution in [-0.2, 0) is 4.79 Å². The summed E-state index contributed by atoms with van der Waals surface area (Å²) in [6.07, 6.45) is 1.67. The van der Waals surface area contributed by atoms with Gasteiger partial charge >= 0.3 is 0 Å². The number of anilines is 1. The average Bonchev–Trinajstić information content (AvgIpc) is 2.63. The predicted molar refractivity (Wildman–Crippen MR) is 106 cm³/mol. The molecule has 1 aromatic heterocycles. The Labute approximate surface area is 158 Å². The van der Waals surface area contributed by atoms with Crippen LogP contribution >= 0.6 is 11.6 Å². The van der Waals surface area contributed by atoms with Crippen LogP contribution < -0.4 is 10.1 Å². The monoisotopic (exact) mass is 368 g/mol. The van der Waals surface area contributed by atoms with E-state index in [0.717, 1.165) is 22.2 Å². The highest BCUT2D eigenvalue weighted by Crippen LogP contribution is 2.30. The van der Waals surface area contributed by atoms with Gasteiger partial charge in [-0.15, -0.1) is 0 Å². The highest BCUT2D eigenvalue weighted by Gasteiger charge is 2.13. The zero-order chi connectivity index (χ0) is 18.7. The van der Waals surface area contributed by atoms with Crippen LogP contribution in [0, 0.1) is 6.92 Å². The normalized spacial score (nSPS) is 11.0. The third-order valence-corrected chi connectivity index (χ3v) is 4.56. The minimum Gasteiger partial charge on any atom is -0.481 e. The number of amides is 1. The van der Waals surface area contributed by atoms with E-state index in [1.165, 1.54) is 0 Å². The Morgan fingerprint density at radius 2 is 2.00 bits per heavy atom. The number of carbonyl (C=O) groups is 1. The molecule has 0 fully saturated rings. The predicted octanol–water partition coefficient (Wildman–Crippen LogP) is 5.34. The number of ether oxygens (including phenoxy) is 1. The van der Waals surface area contributed by atoms with E-state index in [9.17, 15) is 4.79 Å². The number of aromatic nitrogens is 1. The van der Waals surface area contributed by atoms with Crippen molar-refractivity contribution in [1.82, 2.24) is 4.98 Å².